The first-order valence-electron chi connectivity index (χ1n) is 5.83. The molecule has 2 heterocycles. The lowest BCUT2D eigenvalue weighted by molar-refractivity contribution is -0.141. The molecule has 1 atom stereocenters. The Morgan fingerprint density at radius 1 is 1.28 bits per heavy atom. The minimum Gasteiger partial charge on any atom is -0.460 e. The Hall–Kier alpha value is -1.37. The lowest BCUT2D eigenvalue weighted by Crippen LogP contribution is -2.21. The summed E-state index contributed by atoms with van der Waals surface area (Å²) in [6.07, 6.45) is -1.04. The number of nitrogens with one attached hydrogen (secondary N) is 1. The van der Waals surface area contributed by atoms with Gasteiger partial charge in [0.15, 0.2) is 5.69 Å². The van der Waals surface area contributed by atoms with Gasteiger partial charge in [0.1, 0.15) is 6.10 Å². The molecule has 1 N–H and O–H groups in total. The summed E-state index contributed by atoms with van der Waals surface area (Å²) in [5.41, 5.74) is -0.973. The van der Waals surface area contributed by atoms with Crippen molar-refractivity contribution < 1.29 is 17.9 Å². The molecule has 0 saturated carbocycles. The van der Waals surface area contributed by atoms with Crippen LogP contribution in [0.4, 0.5) is 13.2 Å². The summed E-state index contributed by atoms with van der Waals surface area (Å²) in [7, 11) is 0. The first-order chi connectivity index (χ1) is 8.55. The molecule has 0 spiro atoms. The predicted molar refractivity (Wildman–Crippen MR) is 58.2 cm³/mol. The van der Waals surface area contributed by atoms with Crippen LogP contribution in [0.15, 0.2) is 12.3 Å². The monoisotopic (exact) mass is 261 g/mol. The van der Waals surface area contributed by atoms with E-state index in [-0.39, 0.29) is 12.1 Å². The summed E-state index contributed by atoms with van der Waals surface area (Å²) in [6, 6.07) is 0.637. The lowest BCUT2D eigenvalue weighted by atomic mass is 10.2. The van der Waals surface area contributed by atoms with E-state index in [1.54, 1.807) is 0 Å². The number of hydrogen-bond donors (Lipinski definition) is 1. The van der Waals surface area contributed by atoms with Crippen molar-refractivity contribution in [3.8, 4) is 6.01 Å². The average Bonchev–Trinajstić information content (AvgIpc) is 2.57. The summed E-state index contributed by atoms with van der Waals surface area (Å²) in [5.74, 6) is 0. The van der Waals surface area contributed by atoms with Crippen LogP contribution < -0.4 is 10.1 Å². The van der Waals surface area contributed by atoms with E-state index >= 15 is 0 Å². The highest BCUT2D eigenvalue weighted by molar-refractivity contribution is 5.09. The van der Waals surface area contributed by atoms with Gasteiger partial charge in [-0.15, -0.1) is 0 Å². The molecule has 0 radical (unpaired) electrons. The van der Waals surface area contributed by atoms with Gasteiger partial charge in [-0.25, -0.2) is 4.98 Å². The molecular formula is C11H14F3N3O. The van der Waals surface area contributed by atoms with Crippen LogP contribution in [0.25, 0.3) is 0 Å². The fourth-order valence-electron chi connectivity index (χ4n) is 1.81. The van der Waals surface area contributed by atoms with Crippen molar-refractivity contribution in [1.82, 2.24) is 15.3 Å². The Balaban J connectivity index is 2.04. The summed E-state index contributed by atoms with van der Waals surface area (Å²) < 4.78 is 42.8. The standard InChI is InChI=1S/C11H14F3N3O/c12-11(13,14)9-4-7-16-10(17-9)18-8-2-1-5-15-6-3-8/h4,7-8,15H,1-3,5-6H2. The molecule has 7 heteroatoms. The normalized spacial score (nSPS) is 21.4. The zero-order valence-corrected chi connectivity index (χ0v) is 9.70. The van der Waals surface area contributed by atoms with Crippen LogP contribution in [0.5, 0.6) is 6.01 Å². The van der Waals surface area contributed by atoms with E-state index in [2.05, 4.69) is 15.3 Å². The Morgan fingerprint density at radius 2 is 2.11 bits per heavy atom. The van der Waals surface area contributed by atoms with Crippen LogP contribution in [0.2, 0.25) is 0 Å². The fourth-order valence-corrected chi connectivity index (χ4v) is 1.81. The SMILES string of the molecule is FC(F)(F)c1ccnc(OC2CCCNCC2)n1. The molecule has 0 amide bonds. The van der Waals surface area contributed by atoms with E-state index in [9.17, 15) is 13.2 Å². The third-order valence-electron chi connectivity index (χ3n) is 2.72. The highest BCUT2D eigenvalue weighted by Crippen LogP contribution is 2.28. The van der Waals surface area contributed by atoms with Crippen LogP contribution in [0.3, 0.4) is 0 Å². The molecule has 18 heavy (non-hydrogen) atoms. The molecule has 1 unspecified atom stereocenters. The van der Waals surface area contributed by atoms with Crippen LogP contribution in [0.1, 0.15) is 25.0 Å². The number of halogens is 3. The molecule has 1 saturated heterocycles. The van der Waals surface area contributed by atoms with Gasteiger partial charge in [-0.1, -0.05) is 0 Å². The Kier molecular flexibility index (Phi) is 4.00. The molecule has 2 rings (SSSR count). The summed E-state index contributed by atoms with van der Waals surface area (Å²) in [5, 5.41) is 3.20. The molecule has 0 bridgehead atoms. The van der Waals surface area contributed by atoms with E-state index in [1.807, 2.05) is 0 Å². The zero-order chi connectivity index (χ0) is 13.0. The maximum atomic E-state index is 12.5. The Morgan fingerprint density at radius 3 is 2.89 bits per heavy atom. The van der Waals surface area contributed by atoms with Crippen molar-refractivity contribution in [2.24, 2.45) is 0 Å². The molecule has 4 nitrogen and oxygen atoms in total. The van der Waals surface area contributed by atoms with Crippen LogP contribution in [-0.2, 0) is 6.18 Å². The van der Waals surface area contributed by atoms with Crippen molar-refractivity contribution in [3.63, 3.8) is 0 Å². The summed E-state index contributed by atoms with van der Waals surface area (Å²) in [4.78, 5) is 7.11. The third kappa shape index (κ3) is 3.56. The van der Waals surface area contributed by atoms with Crippen LogP contribution >= 0.6 is 0 Å². The maximum Gasteiger partial charge on any atom is 0.433 e. The van der Waals surface area contributed by atoms with Gasteiger partial charge in [0.25, 0.3) is 0 Å². The second-order valence-corrected chi connectivity index (χ2v) is 4.14. The van der Waals surface area contributed by atoms with Gasteiger partial charge in [-0.2, -0.15) is 18.2 Å². The number of aromatic nitrogens is 2. The minimum atomic E-state index is -4.47. The molecule has 0 aromatic carbocycles. The third-order valence-corrected chi connectivity index (χ3v) is 2.72. The highest BCUT2D eigenvalue weighted by atomic mass is 19.4. The zero-order valence-electron chi connectivity index (χ0n) is 9.70. The number of alkyl halides is 3. The van der Waals surface area contributed by atoms with Gasteiger partial charge in [0.05, 0.1) is 0 Å². The van der Waals surface area contributed by atoms with E-state index in [0.29, 0.717) is 0 Å². The molecule has 1 aliphatic rings. The van der Waals surface area contributed by atoms with E-state index in [0.717, 1.165) is 44.6 Å². The Bertz CT molecular complexity index is 389. The van der Waals surface area contributed by atoms with Gasteiger partial charge in [-0.3, -0.25) is 0 Å². The molecule has 1 aliphatic heterocycles. The van der Waals surface area contributed by atoms with E-state index in [4.69, 9.17) is 4.74 Å². The quantitative estimate of drug-likeness (QED) is 0.884. The van der Waals surface area contributed by atoms with E-state index < -0.39 is 11.9 Å². The number of nitrogens with zero attached hydrogens (tertiary/aromatic N) is 2. The Labute approximate surface area is 103 Å². The minimum absolute atomic E-state index is 0.122. The molecule has 1 aromatic rings. The van der Waals surface area contributed by atoms with Gasteiger partial charge in [0.2, 0.25) is 0 Å². The molecule has 100 valence electrons. The molecule has 1 fully saturated rings. The number of rotatable bonds is 2. The predicted octanol–water partition coefficient (Wildman–Crippen LogP) is 2.02. The summed E-state index contributed by atoms with van der Waals surface area (Å²) in [6.45, 7) is 1.70. The van der Waals surface area contributed by atoms with Crippen molar-refractivity contribution in [2.45, 2.75) is 31.5 Å². The lowest BCUT2D eigenvalue weighted by Gasteiger charge is -2.15. The van der Waals surface area contributed by atoms with Crippen molar-refractivity contribution in [1.29, 1.82) is 0 Å². The fraction of sp³-hybridized carbons (Fsp3) is 0.636. The first-order valence-corrected chi connectivity index (χ1v) is 5.83. The van der Waals surface area contributed by atoms with Gasteiger partial charge < -0.3 is 10.1 Å². The van der Waals surface area contributed by atoms with E-state index in [1.165, 1.54) is 0 Å². The first kappa shape index (κ1) is 13.1. The molecule has 0 aliphatic carbocycles. The summed E-state index contributed by atoms with van der Waals surface area (Å²) >= 11 is 0. The second kappa shape index (κ2) is 5.51. The van der Waals surface area contributed by atoms with Crippen molar-refractivity contribution >= 4 is 0 Å². The number of hydrogen-bond acceptors (Lipinski definition) is 4. The second-order valence-electron chi connectivity index (χ2n) is 4.14. The van der Waals surface area contributed by atoms with Gasteiger partial charge >= 0.3 is 12.2 Å². The smallest absolute Gasteiger partial charge is 0.433 e. The topological polar surface area (TPSA) is 47.0 Å². The maximum absolute atomic E-state index is 12.5. The van der Waals surface area contributed by atoms with Crippen LogP contribution in [0, 0.1) is 0 Å². The molecule has 1 aromatic heterocycles. The van der Waals surface area contributed by atoms with Crippen molar-refractivity contribution in [2.75, 3.05) is 13.1 Å². The highest BCUT2D eigenvalue weighted by Gasteiger charge is 2.33. The van der Waals surface area contributed by atoms with Crippen LogP contribution in [-0.4, -0.2) is 29.2 Å². The van der Waals surface area contributed by atoms with Crippen molar-refractivity contribution in [3.05, 3.63) is 18.0 Å². The number of ether oxygens (including phenoxy) is 1. The van der Waals surface area contributed by atoms with Gasteiger partial charge in [0, 0.05) is 6.20 Å². The van der Waals surface area contributed by atoms with Gasteiger partial charge in [-0.05, 0) is 38.4 Å². The average molecular weight is 261 g/mol. The largest absolute Gasteiger partial charge is 0.460 e. The molecular weight excluding hydrogens is 247 g/mol.